The van der Waals surface area contributed by atoms with E-state index in [4.69, 9.17) is 17.3 Å². The van der Waals surface area contributed by atoms with E-state index in [1.54, 1.807) is 0 Å². The zero-order valence-corrected chi connectivity index (χ0v) is 11.5. The number of halogens is 3. The Morgan fingerprint density at radius 3 is 2.45 bits per heavy atom. The highest BCUT2D eigenvalue weighted by molar-refractivity contribution is 7.92. The third-order valence-electron chi connectivity index (χ3n) is 2.46. The molecule has 0 saturated carbocycles. The van der Waals surface area contributed by atoms with Crippen molar-refractivity contribution in [3.63, 3.8) is 0 Å². The average Bonchev–Trinajstić information content (AvgIpc) is 2.36. The van der Waals surface area contributed by atoms with Crippen LogP contribution in [0.3, 0.4) is 0 Å². The number of nitrogens with two attached hydrogens (primary N) is 1. The monoisotopic (exact) mass is 318 g/mol. The topological polar surface area (TPSA) is 72.2 Å². The number of hydrogen-bond donors (Lipinski definition) is 2. The van der Waals surface area contributed by atoms with Crippen molar-refractivity contribution in [1.29, 1.82) is 0 Å². The predicted molar refractivity (Wildman–Crippen MR) is 73.0 cm³/mol. The van der Waals surface area contributed by atoms with Crippen LogP contribution in [0.5, 0.6) is 0 Å². The molecule has 0 aromatic heterocycles. The van der Waals surface area contributed by atoms with Gasteiger partial charge in [-0.2, -0.15) is 0 Å². The molecule has 0 unspecified atom stereocenters. The molecule has 0 aliphatic carbocycles. The summed E-state index contributed by atoms with van der Waals surface area (Å²) in [6.45, 7) is 0. The smallest absolute Gasteiger partial charge is 0.262 e. The lowest BCUT2D eigenvalue weighted by molar-refractivity contribution is 0.599. The molecule has 0 amide bonds. The van der Waals surface area contributed by atoms with E-state index in [0.29, 0.717) is 0 Å². The van der Waals surface area contributed by atoms with Crippen molar-refractivity contribution in [2.45, 2.75) is 4.90 Å². The van der Waals surface area contributed by atoms with Crippen LogP contribution < -0.4 is 10.5 Å². The lowest BCUT2D eigenvalue weighted by atomic mass is 10.3. The molecule has 0 radical (unpaired) electrons. The van der Waals surface area contributed by atoms with Gasteiger partial charge in [0.2, 0.25) is 0 Å². The molecule has 0 bridgehead atoms. The van der Waals surface area contributed by atoms with Crippen molar-refractivity contribution in [3.05, 3.63) is 53.1 Å². The standard InChI is InChI=1S/C12H9ClF2N2O2S/c13-9-6-8(2-3-10(9)15)20(18,19)17-12-5-7(14)1-4-11(12)16/h1-6,17H,16H2. The lowest BCUT2D eigenvalue weighted by Gasteiger charge is -2.10. The summed E-state index contributed by atoms with van der Waals surface area (Å²) in [5, 5.41) is -0.333. The number of rotatable bonds is 3. The first kappa shape index (κ1) is 14.5. The molecule has 0 heterocycles. The number of sulfonamides is 1. The number of hydrogen-bond acceptors (Lipinski definition) is 3. The van der Waals surface area contributed by atoms with Crippen molar-refractivity contribution < 1.29 is 17.2 Å². The highest BCUT2D eigenvalue weighted by atomic mass is 35.5. The van der Waals surface area contributed by atoms with Crippen LogP contribution in [0.4, 0.5) is 20.2 Å². The molecule has 0 fully saturated rings. The molecule has 0 aliphatic rings. The van der Waals surface area contributed by atoms with Gasteiger partial charge in [-0.1, -0.05) is 11.6 Å². The second-order valence-electron chi connectivity index (χ2n) is 3.91. The van der Waals surface area contributed by atoms with Gasteiger partial charge in [-0.3, -0.25) is 4.72 Å². The van der Waals surface area contributed by atoms with Gasteiger partial charge < -0.3 is 5.73 Å². The number of nitrogens with one attached hydrogen (secondary N) is 1. The Morgan fingerprint density at radius 2 is 1.80 bits per heavy atom. The van der Waals surface area contributed by atoms with Crippen LogP contribution in [0.2, 0.25) is 5.02 Å². The van der Waals surface area contributed by atoms with Crippen LogP contribution in [0.1, 0.15) is 0 Å². The van der Waals surface area contributed by atoms with Crippen LogP contribution in [-0.4, -0.2) is 8.42 Å². The van der Waals surface area contributed by atoms with Gasteiger partial charge in [-0.15, -0.1) is 0 Å². The van der Waals surface area contributed by atoms with Gasteiger partial charge in [0, 0.05) is 6.07 Å². The van der Waals surface area contributed by atoms with E-state index in [0.717, 1.165) is 30.3 Å². The summed E-state index contributed by atoms with van der Waals surface area (Å²) < 4.78 is 52.3. The van der Waals surface area contributed by atoms with E-state index in [1.807, 2.05) is 0 Å². The first-order valence-electron chi connectivity index (χ1n) is 5.32. The molecule has 2 aromatic carbocycles. The summed E-state index contributed by atoms with van der Waals surface area (Å²) >= 11 is 5.53. The molecule has 0 spiro atoms. The molecule has 8 heteroatoms. The maximum Gasteiger partial charge on any atom is 0.262 e. The Hall–Kier alpha value is -1.86. The van der Waals surface area contributed by atoms with Crippen LogP contribution in [0, 0.1) is 11.6 Å². The largest absolute Gasteiger partial charge is 0.397 e. The van der Waals surface area contributed by atoms with E-state index in [2.05, 4.69) is 4.72 Å². The molecule has 20 heavy (non-hydrogen) atoms. The van der Waals surface area contributed by atoms with Crippen molar-refractivity contribution in [2.24, 2.45) is 0 Å². The van der Waals surface area contributed by atoms with E-state index in [-0.39, 0.29) is 21.3 Å². The molecular formula is C12H9ClF2N2O2S. The SMILES string of the molecule is Nc1ccc(F)cc1NS(=O)(=O)c1ccc(F)c(Cl)c1. The Labute approximate surface area is 119 Å². The predicted octanol–water partition coefficient (Wildman–Crippen LogP) is 3.00. The van der Waals surface area contributed by atoms with Gasteiger partial charge in [-0.05, 0) is 30.3 Å². The number of anilines is 2. The summed E-state index contributed by atoms with van der Waals surface area (Å²) in [6, 6.07) is 6.18. The Balaban J connectivity index is 2.40. The van der Waals surface area contributed by atoms with Crippen molar-refractivity contribution in [2.75, 3.05) is 10.5 Å². The summed E-state index contributed by atoms with van der Waals surface area (Å²) in [5.41, 5.74) is 5.50. The fourth-order valence-electron chi connectivity index (χ4n) is 1.46. The molecule has 0 aliphatic heterocycles. The molecule has 106 valence electrons. The van der Waals surface area contributed by atoms with E-state index in [1.165, 1.54) is 6.07 Å². The second kappa shape index (κ2) is 5.26. The van der Waals surface area contributed by atoms with Gasteiger partial charge in [0.05, 0.1) is 21.3 Å². The molecular weight excluding hydrogens is 310 g/mol. The molecule has 0 saturated heterocycles. The van der Waals surface area contributed by atoms with Crippen molar-refractivity contribution in [3.8, 4) is 0 Å². The zero-order valence-electron chi connectivity index (χ0n) is 9.90. The van der Waals surface area contributed by atoms with E-state index < -0.39 is 21.7 Å². The highest BCUT2D eigenvalue weighted by Crippen LogP contribution is 2.25. The van der Waals surface area contributed by atoms with Gasteiger partial charge in [0.15, 0.2) is 0 Å². The number of benzene rings is 2. The summed E-state index contributed by atoms with van der Waals surface area (Å²) in [4.78, 5) is -0.257. The van der Waals surface area contributed by atoms with Gasteiger partial charge in [0.1, 0.15) is 11.6 Å². The van der Waals surface area contributed by atoms with E-state index >= 15 is 0 Å². The third kappa shape index (κ3) is 3.00. The molecule has 3 N–H and O–H groups in total. The third-order valence-corrected chi connectivity index (χ3v) is 4.11. The molecule has 0 atom stereocenters. The molecule has 4 nitrogen and oxygen atoms in total. The van der Waals surface area contributed by atoms with Gasteiger partial charge in [-0.25, -0.2) is 17.2 Å². The zero-order chi connectivity index (χ0) is 14.9. The van der Waals surface area contributed by atoms with Crippen molar-refractivity contribution >= 4 is 33.0 Å². The van der Waals surface area contributed by atoms with Crippen molar-refractivity contribution in [1.82, 2.24) is 0 Å². The van der Waals surface area contributed by atoms with Gasteiger partial charge in [0.25, 0.3) is 10.0 Å². The molecule has 2 aromatic rings. The highest BCUT2D eigenvalue weighted by Gasteiger charge is 2.17. The van der Waals surface area contributed by atoms with Crippen LogP contribution >= 0.6 is 11.6 Å². The Kier molecular flexibility index (Phi) is 3.82. The minimum atomic E-state index is -4.04. The van der Waals surface area contributed by atoms with Crippen LogP contribution in [0.25, 0.3) is 0 Å². The first-order valence-corrected chi connectivity index (χ1v) is 7.18. The van der Waals surface area contributed by atoms with Gasteiger partial charge >= 0.3 is 0 Å². The minimum absolute atomic E-state index is 0.0585. The maximum atomic E-state index is 13.1. The van der Waals surface area contributed by atoms with E-state index in [9.17, 15) is 17.2 Å². The number of nitrogen functional groups attached to an aromatic ring is 1. The fourth-order valence-corrected chi connectivity index (χ4v) is 2.81. The summed E-state index contributed by atoms with van der Waals surface area (Å²) in [7, 11) is -4.04. The second-order valence-corrected chi connectivity index (χ2v) is 6.00. The summed E-state index contributed by atoms with van der Waals surface area (Å²) in [6.07, 6.45) is 0. The quantitative estimate of drug-likeness (QED) is 0.854. The summed E-state index contributed by atoms with van der Waals surface area (Å²) in [5.74, 6) is -1.38. The maximum absolute atomic E-state index is 13.1. The van der Waals surface area contributed by atoms with Crippen LogP contribution in [0.15, 0.2) is 41.3 Å². The Morgan fingerprint density at radius 1 is 1.10 bits per heavy atom. The first-order chi connectivity index (χ1) is 9.29. The fraction of sp³-hybridized carbons (Fsp3) is 0. The normalized spacial score (nSPS) is 11.3. The van der Waals surface area contributed by atoms with Crippen LogP contribution in [-0.2, 0) is 10.0 Å². The lowest BCUT2D eigenvalue weighted by Crippen LogP contribution is -2.14. The Bertz CT molecular complexity index is 766. The minimum Gasteiger partial charge on any atom is -0.397 e. The average molecular weight is 319 g/mol. The molecule has 2 rings (SSSR count).